The van der Waals surface area contributed by atoms with Crippen molar-refractivity contribution in [3.63, 3.8) is 0 Å². The molecule has 0 saturated heterocycles. The van der Waals surface area contributed by atoms with Crippen LogP contribution in [0.25, 0.3) is 0 Å². The number of methoxy groups -OCH3 is 1. The first kappa shape index (κ1) is 14.1. The highest BCUT2D eigenvalue weighted by molar-refractivity contribution is 5.12. The van der Waals surface area contributed by atoms with Crippen LogP contribution in [0.15, 0.2) is 6.07 Å². The van der Waals surface area contributed by atoms with Gasteiger partial charge < -0.3 is 10.1 Å². The lowest BCUT2D eigenvalue weighted by Gasteiger charge is -2.28. The average Bonchev–Trinajstić information content (AvgIpc) is 2.15. The summed E-state index contributed by atoms with van der Waals surface area (Å²) in [4.78, 5) is 9.05. The standard InChI is InChI=1S/C13H23N3O/c1-9-7-10(8-14-5)16-12(15-9)11(17-6)13(2,3)4/h7,11,14H,8H2,1-6H3. The molecule has 0 spiro atoms. The van der Waals surface area contributed by atoms with Gasteiger partial charge in [0.15, 0.2) is 5.82 Å². The molecule has 0 bridgehead atoms. The summed E-state index contributed by atoms with van der Waals surface area (Å²) in [5.41, 5.74) is 1.97. The van der Waals surface area contributed by atoms with E-state index in [1.807, 2.05) is 20.0 Å². The summed E-state index contributed by atoms with van der Waals surface area (Å²) >= 11 is 0. The van der Waals surface area contributed by atoms with Crippen LogP contribution in [0, 0.1) is 12.3 Å². The van der Waals surface area contributed by atoms with Crippen LogP contribution in [0.4, 0.5) is 0 Å². The number of nitrogens with one attached hydrogen (secondary N) is 1. The summed E-state index contributed by atoms with van der Waals surface area (Å²) in [5.74, 6) is 0.769. The van der Waals surface area contributed by atoms with Crippen molar-refractivity contribution in [2.75, 3.05) is 14.2 Å². The first-order valence-electron chi connectivity index (χ1n) is 5.90. The molecule has 1 unspecified atom stereocenters. The molecule has 0 aliphatic carbocycles. The van der Waals surface area contributed by atoms with Crippen molar-refractivity contribution in [1.82, 2.24) is 15.3 Å². The minimum Gasteiger partial charge on any atom is -0.373 e. The van der Waals surface area contributed by atoms with Crippen molar-refractivity contribution < 1.29 is 4.74 Å². The lowest BCUT2D eigenvalue weighted by atomic mass is 9.88. The van der Waals surface area contributed by atoms with Gasteiger partial charge in [-0.3, -0.25) is 0 Å². The highest BCUT2D eigenvalue weighted by atomic mass is 16.5. The third kappa shape index (κ3) is 3.75. The van der Waals surface area contributed by atoms with E-state index >= 15 is 0 Å². The SMILES string of the molecule is CNCc1cc(C)nc(C(OC)C(C)(C)C)n1. The first-order valence-corrected chi connectivity index (χ1v) is 5.90. The Morgan fingerprint density at radius 3 is 2.47 bits per heavy atom. The lowest BCUT2D eigenvalue weighted by molar-refractivity contribution is 0.00838. The Morgan fingerprint density at radius 1 is 1.35 bits per heavy atom. The third-order valence-electron chi connectivity index (χ3n) is 2.54. The molecule has 4 heteroatoms. The highest BCUT2D eigenvalue weighted by Crippen LogP contribution is 2.33. The number of rotatable bonds is 4. The van der Waals surface area contributed by atoms with Gasteiger partial charge in [0, 0.05) is 19.3 Å². The fraction of sp³-hybridized carbons (Fsp3) is 0.692. The summed E-state index contributed by atoms with van der Waals surface area (Å²) in [6, 6.07) is 2.00. The van der Waals surface area contributed by atoms with Crippen LogP contribution in [0.5, 0.6) is 0 Å². The monoisotopic (exact) mass is 237 g/mol. The van der Waals surface area contributed by atoms with E-state index < -0.39 is 0 Å². The molecular formula is C13H23N3O. The van der Waals surface area contributed by atoms with Gasteiger partial charge in [0.05, 0.1) is 5.69 Å². The fourth-order valence-electron chi connectivity index (χ4n) is 1.89. The Bertz CT molecular complexity index is 371. The molecule has 0 fully saturated rings. The minimum atomic E-state index is -0.0852. The van der Waals surface area contributed by atoms with Gasteiger partial charge in [-0.15, -0.1) is 0 Å². The van der Waals surface area contributed by atoms with E-state index in [4.69, 9.17) is 4.74 Å². The molecule has 17 heavy (non-hydrogen) atoms. The number of nitrogens with zero attached hydrogens (tertiary/aromatic N) is 2. The maximum Gasteiger partial charge on any atom is 0.158 e. The maximum absolute atomic E-state index is 5.54. The third-order valence-corrected chi connectivity index (χ3v) is 2.54. The smallest absolute Gasteiger partial charge is 0.158 e. The molecule has 96 valence electrons. The Labute approximate surface area is 104 Å². The molecule has 1 rings (SSSR count). The first-order chi connectivity index (χ1) is 7.88. The van der Waals surface area contributed by atoms with Crippen LogP contribution in [-0.4, -0.2) is 24.1 Å². The number of hydrogen-bond acceptors (Lipinski definition) is 4. The molecule has 1 atom stereocenters. The van der Waals surface area contributed by atoms with E-state index in [0.717, 1.165) is 23.8 Å². The van der Waals surface area contributed by atoms with Crippen LogP contribution in [0.2, 0.25) is 0 Å². The van der Waals surface area contributed by atoms with Crippen LogP contribution in [-0.2, 0) is 11.3 Å². The Kier molecular flexibility index (Phi) is 4.60. The topological polar surface area (TPSA) is 47.0 Å². The second-order valence-corrected chi connectivity index (χ2v) is 5.37. The Morgan fingerprint density at radius 2 is 2.00 bits per heavy atom. The van der Waals surface area contributed by atoms with E-state index in [1.165, 1.54) is 0 Å². The van der Waals surface area contributed by atoms with Crippen molar-refractivity contribution in [1.29, 1.82) is 0 Å². The van der Waals surface area contributed by atoms with Crippen LogP contribution in [0.1, 0.15) is 44.1 Å². The summed E-state index contributed by atoms with van der Waals surface area (Å²) in [7, 11) is 3.62. The zero-order chi connectivity index (χ0) is 13.1. The number of aryl methyl sites for hydroxylation is 1. The van der Waals surface area contributed by atoms with Gasteiger partial charge in [-0.25, -0.2) is 9.97 Å². The van der Waals surface area contributed by atoms with E-state index in [2.05, 4.69) is 36.1 Å². The van der Waals surface area contributed by atoms with Crippen molar-refractivity contribution in [3.8, 4) is 0 Å². The predicted molar refractivity (Wildman–Crippen MR) is 68.7 cm³/mol. The molecule has 0 aliphatic rings. The zero-order valence-electron chi connectivity index (χ0n) is 11.7. The summed E-state index contributed by atoms with van der Waals surface area (Å²) in [6.45, 7) is 9.12. The van der Waals surface area contributed by atoms with Gasteiger partial charge in [-0.05, 0) is 25.5 Å². The molecule has 1 aromatic heterocycles. The number of aromatic nitrogens is 2. The average molecular weight is 237 g/mol. The van der Waals surface area contributed by atoms with Crippen LogP contribution < -0.4 is 5.32 Å². The lowest BCUT2D eigenvalue weighted by Crippen LogP contribution is -2.23. The van der Waals surface area contributed by atoms with Crippen LogP contribution >= 0.6 is 0 Å². The predicted octanol–water partition coefficient (Wildman–Crippen LogP) is 2.24. The quantitative estimate of drug-likeness (QED) is 0.872. The van der Waals surface area contributed by atoms with Gasteiger partial charge in [0.1, 0.15) is 6.10 Å². The summed E-state index contributed by atoms with van der Waals surface area (Å²) < 4.78 is 5.54. The molecule has 0 aromatic carbocycles. The Hall–Kier alpha value is -1.00. The van der Waals surface area contributed by atoms with E-state index in [-0.39, 0.29) is 11.5 Å². The van der Waals surface area contributed by atoms with Gasteiger partial charge >= 0.3 is 0 Å². The number of hydrogen-bond donors (Lipinski definition) is 1. The van der Waals surface area contributed by atoms with Gasteiger partial charge in [-0.2, -0.15) is 0 Å². The van der Waals surface area contributed by atoms with Crippen molar-refractivity contribution >= 4 is 0 Å². The van der Waals surface area contributed by atoms with E-state index in [1.54, 1.807) is 7.11 Å². The zero-order valence-corrected chi connectivity index (χ0v) is 11.7. The highest BCUT2D eigenvalue weighted by Gasteiger charge is 2.28. The van der Waals surface area contributed by atoms with Crippen LogP contribution in [0.3, 0.4) is 0 Å². The van der Waals surface area contributed by atoms with Crippen molar-refractivity contribution in [2.45, 2.75) is 40.3 Å². The van der Waals surface area contributed by atoms with Crippen molar-refractivity contribution in [2.24, 2.45) is 5.41 Å². The normalized spacial score (nSPS) is 13.8. The second-order valence-electron chi connectivity index (χ2n) is 5.37. The maximum atomic E-state index is 5.54. The molecule has 0 amide bonds. The van der Waals surface area contributed by atoms with Gasteiger partial charge in [-0.1, -0.05) is 20.8 Å². The van der Waals surface area contributed by atoms with E-state index in [0.29, 0.717) is 0 Å². The molecule has 4 nitrogen and oxygen atoms in total. The second kappa shape index (κ2) is 5.56. The Balaban J connectivity index is 3.11. The van der Waals surface area contributed by atoms with Gasteiger partial charge in [0.2, 0.25) is 0 Å². The molecule has 1 heterocycles. The number of ether oxygens (including phenoxy) is 1. The molecule has 1 N–H and O–H groups in total. The molecule has 1 aromatic rings. The van der Waals surface area contributed by atoms with Gasteiger partial charge in [0.25, 0.3) is 0 Å². The summed E-state index contributed by atoms with van der Waals surface area (Å²) in [6.07, 6.45) is -0.0852. The summed E-state index contributed by atoms with van der Waals surface area (Å²) in [5, 5.41) is 3.10. The molecule has 0 aliphatic heterocycles. The molecule has 0 radical (unpaired) electrons. The van der Waals surface area contributed by atoms with Crippen molar-refractivity contribution in [3.05, 3.63) is 23.3 Å². The molecular weight excluding hydrogens is 214 g/mol. The fourth-order valence-corrected chi connectivity index (χ4v) is 1.89. The molecule has 0 saturated carbocycles. The largest absolute Gasteiger partial charge is 0.373 e. The minimum absolute atomic E-state index is 0.0144. The van der Waals surface area contributed by atoms with E-state index in [9.17, 15) is 0 Å².